The summed E-state index contributed by atoms with van der Waals surface area (Å²) in [5.41, 5.74) is 7.25. The van der Waals surface area contributed by atoms with Crippen LogP contribution < -0.4 is 10.5 Å². The fraction of sp³-hybridized carbons (Fsp3) is 0.200. The van der Waals surface area contributed by atoms with Gasteiger partial charge in [-0.1, -0.05) is 35.9 Å². The van der Waals surface area contributed by atoms with Crippen molar-refractivity contribution in [2.75, 3.05) is 12.9 Å². The first-order chi connectivity index (χ1) is 9.20. The van der Waals surface area contributed by atoms with Crippen molar-refractivity contribution < 1.29 is 4.74 Å². The number of benzene rings is 2. The quantitative estimate of drug-likeness (QED) is 0.842. The van der Waals surface area contributed by atoms with Crippen LogP contribution in [0.15, 0.2) is 53.4 Å². The minimum atomic E-state index is -0.0693. The molecule has 2 N–H and O–H groups in total. The Balaban J connectivity index is 2.03. The minimum absolute atomic E-state index is 0.0693. The van der Waals surface area contributed by atoms with Gasteiger partial charge in [0, 0.05) is 27.3 Å². The molecule has 0 spiro atoms. The molecule has 0 bridgehead atoms. The first kappa shape index (κ1) is 14.3. The van der Waals surface area contributed by atoms with E-state index in [1.807, 2.05) is 48.5 Å². The highest BCUT2D eigenvalue weighted by Gasteiger charge is 2.11. The van der Waals surface area contributed by atoms with Crippen LogP contribution >= 0.6 is 23.4 Å². The van der Waals surface area contributed by atoms with Crippen molar-refractivity contribution >= 4 is 23.4 Å². The lowest BCUT2D eigenvalue weighted by molar-refractivity contribution is 0.407. The Morgan fingerprint density at radius 3 is 2.74 bits per heavy atom. The molecule has 1 unspecified atom stereocenters. The molecule has 0 heterocycles. The highest BCUT2D eigenvalue weighted by atomic mass is 35.5. The van der Waals surface area contributed by atoms with E-state index in [4.69, 9.17) is 22.1 Å². The molecule has 0 amide bonds. The van der Waals surface area contributed by atoms with E-state index in [2.05, 4.69) is 0 Å². The summed E-state index contributed by atoms with van der Waals surface area (Å²) in [5, 5.41) is 0.746. The lowest BCUT2D eigenvalue weighted by atomic mass is 10.1. The van der Waals surface area contributed by atoms with Crippen LogP contribution in [0.4, 0.5) is 0 Å². The van der Waals surface area contributed by atoms with Gasteiger partial charge in [-0.15, -0.1) is 11.8 Å². The molecule has 0 aliphatic heterocycles. The molecule has 0 aliphatic rings. The topological polar surface area (TPSA) is 35.2 Å². The molecule has 4 heteroatoms. The summed E-state index contributed by atoms with van der Waals surface area (Å²) in [6.07, 6.45) is 0. The van der Waals surface area contributed by atoms with Crippen LogP contribution in [-0.4, -0.2) is 12.9 Å². The van der Waals surface area contributed by atoms with E-state index in [1.54, 1.807) is 18.9 Å². The third kappa shape index (κ3) is 3.90. The molecule has 2 rings (SSSR count). The van der Waals surface area contributed by atoms with E-state index in [-0.39, 0.29) is 6.04 Å². The Morgan fingerprint density at radius 1 is 1.21 bits per heavy atom. The highest BCUT2D eigenvalue weighted by Crippen LogP contribution is 2.29. The van der Waals surface area contributed by atoms with Gasteiger partial charge < -0.3 is 10.5 Å². The molecule has 19 heavy (non-hydrogen) atoms. The van der Waals surface area contributed by atoms with Crippen molar-refractivity contribution in [1.29, 1.82) is 0 Å². The fourth-order valence-corrected chi connectivity index (χ4v) is 3.00. The number of methoxy groups -OCH3 is 1. The second-order valence-electron chi connectivity index (χ2n) is 4.12. The smallest absolute Gasteiger partial charge is 0.123 e. The molecule has 2 aromatic carbocycles. The van der Waals surface area contributed by atoms with E-state index in [0.29, 0.717) is 0 Å². The van der Waals surface area contributed by atoms with E-state index in [9.17, 15) is 0 Å². The van der Waals surface area contributed by atoms with Gasteiger partial charge in [0.1, 0.15) is 5.75 Å². The van der Waals surface area contributed by atoms with Gasteiger partial charge >= 0.3 is 0 Å². The SMILES string of the molecule is COc1ccccc1C(N)CSc1cccc(Cl)c1. The van der Waals surface area contributed by atoms with Crippen molar-refractivity contribution in [3.05, 3.63) is 59.1 Å². The summed E-state index contributed by atoms with van der Waals surface area (Å²) in [7, 11) is 1.66. The number of ether oxygens (including phenoxy) is 1. The van der Waals surface area contributed by atoms with Crippen molar-refractivity contribution in [1.82, 2.24) is 0 Å². The monoisotopic (exact) mass is 293 g/mol. The van der Waals surface area contributed by atoms with Gasteiger partial charge in [-0.05, 0) is 24.3 Å². The maximum Gasteiger partial charge on any atom is 0.123 e. The molecule has 0 fully saturated rings. The van der Waals surface area contributed by atoms with Crippen LogP contribution in [0, 0.1) is 0 Å². The Bertz CT molecular complexity index is 547. The summed E-state index contributed by atoms with van der Waals surface area (Å²) >= 11 is 7.65. The average Bonchev–Trinajstić information content (AvgIpc) is 2.45. The first-order valence-electron chi connectivity index (χ1n) is 5.97. The number of hydrogen-bond donors (Lipinski definition) is 1. The Hall–Kier alpha value is -1.16. The van der Waals surface area contributed by atoms with E-state index in [0.717, 1.165) is 27.0 Å². The molecule has 100 valence electrons. The van der Waals surface area contributed by atoms with Gasteiger partial charge in [-0.2, -0.15) is 0 Å². The van der Waals surface area contributed by atoms with Crippen molar-refractivity contribution in [3.8, 4) is 5.75 Å². The molecule has 0 aliphatic carbocycles. The molecule has 0 radical (unpaired) electrons. The van der Waals surface area contributed by atoms with Crippen molar-refractivity contribution in [3.63, 3.8) is 0 Å². The minimum Gasteiger partial charge on any atom is -0.496 e. The van der Waals surface area contributed by atoms with Crippen LogP contribution in [0.3, 0.4) is 0 Å². The molecule has 2 aromatic rings. The Kier molecular flexibility index (Phi) is 5.14. The maximum atomic E-state index is 6.22. The van der Waals surface area contributed by atoms with Crippen LogP contribution in [-0.2, 0) is 0 Å². The third-order valence-corrected chi connectivity index (χ3v) is 4.11. The van der Waals surface area contributed by atoms with Gasteiger partial charge in [0.2, 0.25) is 0 Å². The third-order valence-electron chi connectivity index (χ3n) is 2.76. The summed E-state index contributed by atoms with van der Waals surface area (Å²) in [4.78, 5) is 1.12. The number of para-hydroxylation sites is 1. The van der Waals surface area contributed by atoms with Crippen molar-refractivity contribution in [2.24, 2.45) is 5.73 Å². The van der Waals surface area contributed by atoms with Gasteiger partial charge in [0.25, 0.3) is 0 Å². The van der Waals surface area contributed by atoms with Crippen LogP contribution in [0.2, 0.25) is 5.02 Å². The summed E-state index contributed by atoms with van der Waals surface area (Å²) in [5.74, 6) is 1.61. The van der Waals surface area contributed by atoms with Crippen LogP contribution in [0.5, 0.6) is 5.75 Å². The Labute approximate surface area is 122 Å². The maximum absolute atomic E-state index is 6.22. The fourth-order valence-electron chi connectivity index (χ4n) is 1.81. The molecule has 0 saturated heterocycles. The van der Waals surface area contributed by atoms with Gasteiger partial charge in [-0.3, -0.25) is 0 Å². The zero-order chi connectivity index (χ0) is 13.7. The largest absolute Gasteiger partial charge is 0.496 e. The Morgan fingerprint density at radius 2 is 2.00 bits per heavy atom. The second kappa shape index (κ2) is 6.85. The predicted octanol–water partition coefficient (Wildman–Crippen LogP) is 4.14. The van der Waals surface area contributed by atoms with Crippen molar-refractivity contribution in [2.45, 2.75) is 10.9 Å². The number of thioether (sulfide) groups is 1. The average molecular weight is 294 g/mol. The summed E-state index contributed by atoms with van der Waals surface area (Å²) < 4.78 is 5.33. The van der Waals surface area contributed by atoms with E-state index in [1.165, 1.54) is 0 Å². The van der Waals surface area contributed by atoms with E-state index >= 15 is 0 Å². The van der Waals surface area contributed by atoms with Gasteiger partial charge in [0.15, 0.2) is 0 Å². The second-order valence-corrected chi connectivity index (χ2v) is 5.65. The molecular weight excluding hydrogens is 278 g/mol. The lowest BCUT2D eigenvalue weighted by Gasteiger charge is -2.15. The number of hydrogen-bond acceptors (Lipinski definition) is 3. The van der Waals surface area contributed by atoms with Gasteiger partial charge in [0.05, 0.1) is 7.11 Å². The number of nitrogens with two attached hydrogens (primary N) is 1. The zero-order valence-electron chi connectivity index (χ0n) is 10.7. The molecule has 0 aromatic heterocycles. The van der Waals surface area contributed by atoms with Gasteiger partial charge in [-0.25, -0.2) is 0 Å². The molecule has 1 atom stereocenters. The summed E-state index contributed by atoms with van der Waals surface area (Å²) in [6, 6.07) is 15.6. The molecule has 0 saturated carbocycles. The molecular formula is C15H16ClNOS. The number of rotatable bonds is 5. The van der Waals surface area contributed by atoms with Crippen LogP contribution in [0.1, 0.15) is 11.6 Å². The normalized spacial score (nSPS) is 12.2. The predicted molar refractivity (Wildman–Crippen MR) is 82.1 cm³/mol. The zero-order valence-corrected chi connectivity index (χ0v) is 12.2. The standard InChI is InChI=1S/C15H16ClNOS/c1-18-15-8-3-2-7-13(15)14(17)10-19-12-6-4-5-11(16)9-12/h2-9,14H,10,17H2,1H3. The van der Waals surface area contributed by atoms with E-state index < -0.39 is 0 Å². The van der Waals surface area contributed by atoms with Crippen LogP contribution in [0.25, 0.3) is 0 Å². The first-order valence-corrected chi connectivity index (χ1v) is 7.34. The lowest BCUT2D eigenvalue weighted by Crippen LogP contribution is -2.14. The summed E-state index contributed by atoms with van der Waals surface area (Å²) in [6.45, 7) is 0. The number of halogens is 1. The highest BCUT2D eigenvalue weighted by molar-refractivity contribution is 7.99. The molecule has 2 nitrogen and oxygen atoms in total.